The molecule has 0 radical (unpaired) electrons. The Kier molecular flexibility index (Phi) is 3.90. The van der Waals surface area contributed by atoms with E-state index in [1.165, 1.54) is 0 Å². The number of aliphatic hydroxyl groups is 1. The highest BCUT2D eigenvalue weighted by Crippen LogP contribution is 2.41. The van der Waals surface area contributed by atoms with Crippen molar-refractivity contribution < 1.29 is 19.8 Å². The van der Waals surface area contributed by atoms with Crippen LogP contribution in [0.4, 0.5) is 0 Å². The second-order valence-corrected chi connectivity index (χ2v) is 5.53. The van der Waals surface area contributed by atoms with E-state index in [1.807, 2.05) is 0 Å². The summed E-state index contributed by atoms with van der Waals surface area (Å²) in [5.74, 6) is -1.44. The quantitative estimate of drug-likeness (QED) is 0.519. The molecule has 5 heteroatoms. The molecule has 2 atom stereocenters. The van der Waals surface area contributed by atoms with Gasteiger partial charge in [0.05, 0.1) is 12.1 Å². The Morgan fingerprint density at radius 3 is 2.28 bits per heavy atom. The maximum absolute atomic E-state index is 12.1. The van der Waals surface area contributed by atoms with E-state index in [9.17, 15) is 19.8 Å². The van der Waals surface area contributed by atoms with E-state index in [2.05, 4.69) is 5.32 Å². The number of amides is 1. The van der Waals surface area contributed by atoms with Crippen LogP contribution in [-0.2, 0) is 9.59 Å². The lowest BCUT2D eigenvalue weighted by Gasteiger charge is -2.37. The van der Waals surface area contributed by atoms with Gasteiger partial charge in [-0.3, -0.25) is 9.59 Å². The van der Waals surface area contributed by atoms with Crippen LogP contribution in [0.2, 0.25) is 0 Å². The lowest BCUT2D eigenvalue weighted by Crippen LogP contribution is -2.55. The van der Waals surface area contributed by atoms with E-state index in [-0.39, 0.29) is 6.04 Å². The van der Waals surface area contributed by atoms with Crippen LogP contribution >= 0.6 is 0 Å². The van der Waals surface area contributed by atoms with Crippen molar-refractivity contribution in [1.82, 2.24) is 5.32 Å². The van der Waals surface area contributed by atoms with Gasteiger partial charge in [0.1, 0.15) is 5.41 Å². The molecule has 0 saturated heterocycles. The highest BCUT2D eigenvalue weighted by Gasteiger charge is 2.51. The van der Waals surface area contributed by atoms with Gasteiger partial charge in [-0.05, 0) is 25.7 Å². The summed E-state index contributed by atoms with van der Waals surface area (Å²) in [6.07, 6.45) is 5.50. The molecule has 102 valence electrons. The molecule has 2 fully saturated rings. The predicted molar refractivity (Wildman–Crippen MR) is 64.9 cm³/mol. The molecule has 2 aliphatic rings. The molecule has 5 nitrogen and oxygen atoms in total. The summed E-state index contributed by atoms with van der Waals surface area (Å²) in [7, 11) is 0. The number of carbonyl (C=O) groups excluding carboxylic acids is 1. The number of aliphatic hydroxyl groups excluding tert-OH is 1. The number of hydrogen-bond acceptors (Lipinski definition) is 3. The summed E-state index contributed by atoms with van der Waals surface area (Å²) < 4.78 is 0. The molecule has 18 heavy (non-hydrogen) atoms. The van der Waals surface area contributed by atoms with Gasteiger partial charge in [0.2, 0.25) is 5.91 Å². The zero-order valence-corrected chi connectivity index (χ0v) is 10.5. The lowest BCUT2D eigenvalue weighted by molar-refractivity contribution is -0.162. The molecule has 3 N–H and O–H groups in total. The van der Waals surface area contributed by atoms with Crippen molar-refractivity contribution >= 4 is 11.9 Å². The number of aliphatic carboxylic acids is 1. The minimum Gasteiger partial charge on any atom is -0.480 e. The summed E-state index contributed by atoms with van der Waals surface area (Å²) in [6, 6.07) is -0.281. The Morgan fingerprint density at radius 2 is 1.72 bits per heavy atom. The monoisotopic (exact) mass is 255 g/mol. The van der Waals surface area contributed by atoms with Crippen LogP contribution in [0.3, 0.4) is 0 Å². The second-order valence-electron chi connectivity index (χ2n) is 5.53. The SMILES string of the molecule is O=C(O)C1(C(=O)NC2CCCCCC2O)CCC1. The van der Waals surface area contributed by atoms with Gasteiger partial charge in [0.15, 0.2) is 0 Å². The number of carboxylic acids is 1. The molecule has 0 aliphatic heterocycles. The average Bonchev–Trinajstić information content (AvgIpc) is 2.42. The van der Waals surface area contributed by atoms with Crippen LogP contribution in [0, 0.1) is 5.41 Å². The number of nitrogens with one attached hydrogen (secondary N) is 1. The molecular weight excluding hydrogens is 234 g/mol. The highest BCUT2D eigenvalue weighted by molar-refractivity contribution is 6.02. The van der Waals surface area contributed by atoms with E-state index >= 15 is 0 Å². The number of hydrogen-bond donors (Lipinski definition) is 3. The first-order valence-corrected chi connectivity index (χ1v) is 6.79. The third-order valence-corrected chi connectivity index (χ3v) is 4.35. The topological polar surface area (TPSA) is 86.6 Å². The van der Waals surface area contributed by atoms with Crippen molar-refractivity contribution in [3.63, 3.8) is 0 Å². The van der Waals surface area contributed by atoms with E-state index in [4.69, 9.17) is 0 Å². The molecule has 1 amide bonds. The van der Waals surface area contributed by atoms with Crippen LogP contribution in [-0.4, -0.2) is 34.2 Å². The fraction of sp³-hybridized carbons (Fsp3) is 0.846. The third-order valence-electron chi connectivity index (χ3n) is 4.35. The molecule has 2 rings (SSSR count). The Labute approximate surface area is 107 Å². The van der Waals surface area contributed by atoms with Crippen molar-refractivity contribution in [3.8, 4) is 0 Å². The molecule has 0 heterocycles. The third kappa shape index (κ3) is 2.36. The Bertz CT molecular complexity index is 338. The van der Waals surface area contributed by atoms with Crippen molar-refractivity contribution in [3.05, 3.63) is 0 Å². The van der Waals surface area contributed by atoms with E-state index in [0.717, 1.165) is 32.1 Å². The molecule has 2 unspecified atom stereocenters. The number of rotatable bonds is 3. The van der Waals surface area contributed by atoms with Gasteiger partial charge in [-0.1, -0.05) is 25.7 Å². The Hall–Kier alpha value is -1.10. The van der Waals surface area contributed by atoms with E-state index in [0.29, 0.717) is 19.3 Å². The van der Waals surface area contributed by atoms with Crippen molar-refractivity contribution in [2.24, 2.45) is 5.41 Å². The van der Waals surface area contributed by atoms with Gasteiger partial charge in [-0.15, -0.1) is 0 Å². The molecular formula is C13H21NO4. The minimum atomic E-state index is -1.23. The van der Waals surface area contributed by atoms with Crippen LogP contribution in [0.15, 0.2) is 0 Å². The minimum absolute atomic E-state index is 0.281. The first kappa shape index (κ1) is 13.3. The van der Waals surface area contributed by atoms with Gasteiger partial charge in [0.25, 0.3) is 0 Å². The molecule has 2 aliphatic carbocycles. The molecule has 0 bridgehead atoms. The fourth-order valence-corrected chi connectivity index (χ4v) is 2.83. The molecule has 0 spiro atoms. The van der Waals surface area contributed by atoms with Crippen LogP contribution < -0.4 is 5.32 Å². The van der Waals surface area contributed by atoms with E-state index < -0.39 is 23.4 Å². The lowest BCUT2D eigenvalue weighted by atomic mass is 9.68. The first-order valence-electron chi connectivity index (χ1n) is 6.79. The molecule has 2 saturated carbocycles. The number of carbonyl (C=O) groups is 2. The van der Waals surface area contributed by atoms with Crippen LogP contribution in [0.5, 0.6) is 0 Å². The molecule has 0 aromatic carbocycles. The normalized spacial score (nSPS) is 30.9. The van der Waals surface area contributed by atoms with Gasteiger partial charge in [-0.2, -0.15) is 0 Å². The fourth-order valence-electron chi connectivity index (χ4n) is 2.83. The number of carboxylic acid groups (broad SMARTS) is 1. The van der Waals surface area contributed by atoms with Gasteiger partial charge >= 0.3 is 5.97 Å². The van der Waals surface area contributed by atoms with Gasteiger partial charge in [0, 0.05) is 0 Å². The Morgan fingerprint density at radius 1 is 1.06 bits per heavy atom. The van der Waals surface area contributed by atoms with Crippen LogP contribution in [0.1, 0.15) is 51.4 Å². The van der Waals surface area contributed by atoms with Gasteiger partial charge < -0.3 is 15.5 Å². The molecule has 0 aromatic rings. The first-order chi connectivity index (χ1) is 8.56. The maximum Gasteiger partial charge on any atom is 0.319 e. The second kappa shape index (κ2) is 5.26. The largest absolute Gasteiger partial charge is 0.480 e. The summed E-state index contributed by atoms with van der Waals surface area (Å²) in [6.45, 7) is 0. The van der Waals surface area contributed by atoms with Gasteiger partial charge in [-0.25, -0.2) is 0 Å². The predicted octanol–water partition coefficient (Wildman–Crippen LogP) is 1.05. The highest BCUT2D eigenvalue weighted by atomic mass is 16.4. The summed E-state index contributed by atoms with van der Waals surface area (Å²) in [5, 5.41) is 21.9. The van der Waals surface area contributed by atoms with Crippen molar-refractivity contribution in [2.75, 3.05) is 0 Å². The maximum atomic E-state index is 12.1. The zero-order chi connectivity index (χ0) is 13.2. The zero-order valence-electron chi connectivity index (χ0n) is 10.5. The van der Waals surface area contributed by atoms with E-state index in [1.54, 1.807) is 0 Å². The van der Waals surface area contributed by atoms with Crippen molar-refractivity contribution in [1.29, 1.82) is 0 Å². The Balaban J connectivity index is 1.99. The standard InChI is InChI=1S/C13H21NO4/c15-10-6-3-1-2-5-9(10)14-11(16)13(12(17)18)7-4-8-13/h9-10,15H,1-8H2,(H,14,16)(H,17,18). The summed E-state index contributed by atoms with van der Waals surface area (Å²) in [4.78, 5) is 23.3. The van der Waals surface area contributed by atoms with Crippen LogP contribution in [0.25, 0.3) is 0 Å². The summed E-state index contributed by atoms with van der Waals surface area (Å²) >= 11 is 0. The van der Waals surface area contributed by atoms with Crippen molar-refractivity contribution in [2.45, 2.75) is 63.5 Å². The average molecular weight is 255 g/mol. The summed E-state index contributed by atoms with van der Waals surface area (Å²) in [5.41, 5.74) is -1.23. The molecule has 0 aromatic heterocycles. The smallest absolute Gasteiger partial charge is 0.319 e.